The van der Waals surface area contributed by atoms with Gasteiger partial charge in [0.2, 0.25) is 5.78 Å². The SMILES string of the molecule is CCN(CC)c1cc(N)c(O)c2c1CC1CC3[C@H](N(C)C)C(=O)C(C(N)=O)=C(O)C3(O)C(=O)C1=C2O. The van der Waals surface area contributed by atoms with Crippen LogP contribution in [0.4, 0.5) is 11.4 Å². The quantitative estimate of drug-likeness (QED) is 0.187. The van der Waals surface area contributed by atoms with Crippen LogP contribution >= 0.6 is 0 Å². The van der Waals surface area contributed by atoms with Crippen molar-refractivity contribution >= 4 is 34.6 Å². The van der Waals surface area contributed by atoms with Crippen molar-refractivity contribution in [3.05, 3.63) is 34.1 Å². The maximum Gasteiger partial charge on any atom is 0.255 e. The van der Waals surface area contributed by atoms with Gasteiger partial charge < -0.3 is 36.8 Å². The smallest absolute Gasteiger partial charge is 0.255 e. The summed E-state index contributed by atoms with van der Waals surface area (Å²) in [5, 5.41) is 44.6. The number of Topliss-reactive ketones (excluding diaryl/α,β-unsaturated/α-hetero) is 2. The predicted molar refractivity (Wildman–Crippen MR) is 132 cm³/mol. The van der Waals surface area contributed by atoms with E-state index >= 15 is 0 Å². The first-order chi connectivity index (χ1) is 16.8. The second-order valence-electron chi connectivity index (χ2n) is 9.82. The molecule has 0 bridgehead atoms. The number of phenols is 1. The summed E-state index contributed by atoms with van der Waals surface area (Å²) in [5.74, 6) is -6.91. The molecule has 1 aromatic rings. The summed E-state index contributed by atoms with van der Waals surface area (Å²) in [6, 6.07) is 0.505. The van der Waals surface area contributed by atoms with E-state index in [0.29, 0.717) is 24.3 Å². The van der Waals surface area contributed by atoms with E-state index in [-0.39, 0.29) is 29.7 Å². The second kappa shape index (κ2) is 8.52. The van der Waals surface area contributed by atoms with Gasteiger partial charge in [-0.05, 0) is 58.3 Å². The van der Waals surface area contributed by atoms with Crippen molar-refractivity contribution in [2.45, 2.75) is 38.3 Å². The van der Waals surface area contributed by atoms with Crippen LogP contribution in [0.1, 0.15) is 31.4 Å². The van der Waals surface area contributed by atoms with Crippen molar-refractivity contribution in [2.75, 3.05) is 37.8 Å². The Balaban J connectivity index is 2.00. The molecule has 1 fully saturated rings. The minimum Gasteiger partial charge on any atom is -0.508 e. The van der Waals surface area contributed by atoms with Crippen LogP contribution in [0, 0.1) is 11.8 Å². The molecule has 0 heterocycles. The van der Waals surface area contributed by atoms with Gasteiger partial charge in [0.25, 0.3) is 5.91 Å². The number of fused-ring (bicyclic) bond motifs is 3. The number of hydrogen-bond donors (Lipinski definition) is 6. The van der Waals surface area contributed by atoms with Crippen LogP contribution in [0.25, 0.3) is 5.76 Å². The number of nitrogens with two attached hydrogens (primary N) is 2. The first kappa shape index (κ1) is 25.5. The Morgan fingerprint density at radius 2 is 1.78 bits per heavy atom. The van der Waals surface area contributed by atoms with Gasteiger partial charge in [0, 0.05) is 30.3 Å². The fourth-order valence-corrected chi connectivity index (χ4v) is 6.16. The second-order valence-corrected chi connectivity index (χ2v) is 9.82. The first-order valence-electron chi connectivity index (χ1n) is 11.9. The number of likely N-dealkylation sites (N-methyl/N-ethyl adjacent to an activating group) is 1. The molecular formula is C25H32N4O7. The Kier molecular flexibility index (Phi) is 6.04. The van der Waals surface area contributed by atoms with Gasteiger partial charge in [0.1, 0.15) is 22.8 Å². The lowest BCUT2D eigenvalue weighted by Gasteiger charge is -2.50. The van der Waals surface area contributed by atoms with Crippen molar-refractivity contribution in [3.63, 3.8) is 0 Å². The molecule has 0 radical (unpaired) electrons. The van der Waals surface area contributed by atoms with Crippen LogP contribution in [-0.4, -0.2) is 81.6 Å². The van der Waals surface area contributed by atoms with E-state index in [0.717, 1.165) is 0 Å². The van der Waals surface area contributed by atoms with Gasteiger partial charge in [0.05, 0.1) is 17.3 Å². The molecule has 0 aliphatic heterocycles. The summed E-state index contributed by atoms with van der Waals surface area (Å²) < 4.78 is 0. The topological polar surface area (TPSA) is 191 Å². The van der Waals surface area contributed by atoms with E-state index in [9.17, 15) is 34.8 Å². The molecule has 1 aromatic carbocycles. The van der Waals surface area contributed by atoms with Crippen molar-refractivity contribution in [1.29, 1.82) is 0 Å². The highest BCUT2D eigenvalue weighted by atomic mass is 16.3. The van der Waals surface area contributed by atoms with Crippen LogP contribution in [0.3, 0.4) is 0 Å². The maximum absolute atomic E-state index is 13.8. The van der Waals surface area contributed by atoms with Crippen LogP contribution in [0.15, 0.2) is 23.0 Å². The minimum atomic E-state index is -2.66. The number of primary amides is 1. The van der Waals surface area contributed by atoms with Gasteiger partial charge in [-0.2, -0.15) is 0 Å². The van der Waals surface area contributed by atoms with Crippen molar-refractivity contribution in [2.24, 2.45) is 17.6 Å². The van der Waals surface area contributed by atoms with E-state index in [2.05, 4.69) is 0 Å². The Labute approximate surface area is 208 Å². The zero-order valence-corrected chi connectivity index (χ0v) is 20.7. The monoisotopic (exact) mass is 500 g/mol. The molecule has 36 heavy (non-hydrogen) atoms. The summed E-state index contributed by atoms with van der Waals surface area (Å²) in [4.78, 5) is 42.5. The molecule has 194 valence electrons. The molecule has 3 unspecified atom stereocenters. The van der Waals surface area contributed by atoms with Gasteiger partial charge in [-0.15, -0.1) is 0 Å². The van der Waals surface area contributed by atoms with Gasteiger partial charge in [-0.1, -0.05) is 0 Å². The number of aromatic hydroxyl groups is 1. The normalized spacial score (nSPS) is 27.7. The molecule has 0 spiro atoms. The predicted octanol–water partition coefficient (Wildman–Crippen LogP) is 0.392. The van der Waals surface area contributed by atoms with Gasteiger partial charge in [0.15, 0.2) is 11.4 Å². The molecule has 11 nitrogen and oxygen atoms in total. The van der Waals surface area contributed by atoms with Crippen molar-refractivity contribution in [3.8, 4) is 5.75 Å². The molecule has 11 heteroatoms. The van der Waals surface area contributed by atoms with Crippen LogP contribution < -0.4 is 16.4 Å². The third kappa shape index (κ3) is 3.22. The van der Waals surface area contributed by atoms with Crippen LogP contribution in [0.5, 0.6) is 5.75 Å². The standard InChI is InChI=1S/C25H32N4O7/c1-5-29(6-2)14-9-13(26)19(30)16-11(14)7-10-8-12-18(28(3)4)21(32)17(24(27)35)23(34)25(12,36)22(33)15(10)20(16)31/h9-10,12,18,30-31,34,36H,5-8,26H2,1-4H3,(H2,27,35)/t10?,12?,18-,25?/m0/s1. The van der Waals surface area contributed by atoms with E-state index in [4.69, 9.17) is 11.5 Å². The van der Waals surface area contributed by atoms with E-state index < -0.39 is 63.8 Å². The number of anilines is 2. The maximum atomic E-state index is 13.8. The summed E-state index contributed by atoms with van der Waals surface area (Å²) in [7, 11) is 3.12. The molecular weight excluding hydrogens is 468 g/mol. The number of carbonyl (C=O) groups excluding carboxylic acids is 3. The summed E-state index contributed by atoms with van der Waals surface area (Å²) in [6.45, 7) is 5.16. The number of hydrogen-bond acceptors (Lipinski definition) is 10. The molecule has 4 rings (SSSR count). The van der Waals surface area contributed by atoms with Gasteiger partial charge in [-0.25, -0.2) is 0 Å². The lowest BCUT2D eigenvalue weighted by Crippen LogP contribution is -2.65. The third-order valence-corrected chi connectivity index (χ3v) is 7.83. The zero-order valence-electron chi connectivity index (χ0n) is 20.7. The average molecular weight is 501 g/mol. The van der Waals surface area contributed by atoms with Crippen LogP contribution in [-0.2, 0) is 20.8 Å². The minimum absolute atomic E-state index is 0.00631. The Morgan fingerprint density at radius 3 is 2.31 bits per heavy atom. The molecule has 1 amide bonds. The highest BCUT2D eigenvalue weighted by Crippen LogP contribution is 2.54. The lowest BCUT2D eigenvalue weighted by molar-refractivity contribution is -0.153. The molecule has 4 atom stereocenters. The summed E-state index contributed by atoms with van der Waals surface area (Å²) >= 11 is 0. The van der Waals surface area contributed by atoms with E-state index in [1.807, 2.05) is 18.7 Å². The molecule has 0 aromatic heterocycles. The third-order valence-electron chi connectivity index (χ3n) is 7.83. The Hall–Kier alpha value is -3.57. The lowest BCUT2D eigenvalue weighted by atomic mass is 9.57. The number of carbonyl (C=O) groups is 3. The highest BCUT2D eigenvalue weighted by molar-refractivity contribution is 6.24. The van der Waals surface area contributed by atoms with E-state index in [1.54, 1.807) is 20.2 Å². The van der Waals surface area contributed by atoms with E-state index in [1.165, 1.54) is 4.90 Å². The number of benzene rings is 1. The summed E-state index contributed by atoms with van der Waals surface area (Å²) in [5.41, 5.74) is 8.97. The molecule has 3 aliphatic rings. The number of rotatable bonds is 5. The van der Waals surface area contributed by atoms with Crippen molar-refractivity contribution in [1.82, 2.24) is 4.90 Å². The number of nitrogen functional groups attached to an aromatic ring is 1. The molecule has 3 aliphatic carbocycles. The molecule has 0 saturated heterocycles. The average Bonchev–Trinajstić information content (AvgIpc) is 2.79. The fourth-order valence-electron chi connectivity index (χ4n) is 6.16. The Morgan fingerprint density at radius 1 is 1.17 bits per heavy atom. The van der Waals surface area contributed by atoms with Gasteiger partial charge >= 0.3 is 0 Å². The molecule has 8 N–H and O–H groups in total. The number of phenolic OH excluding ortho intramolecular Hbond substituents is 1. The number of amides is 1. The van der Waals surface area contributed by atoms with Crippen molar-refractivity contribution < 1.29 is 34.8 Å². The number of nitrogens with zero attached hydrogens (tertiary/aromatic N) is 2. The largest absolute Gasteiger partial charge is 0.508 e. The first-order valence-corrected chi connectivity index (χ1v) is 11.9. The zero-order chi connectivity index (χ0) is 26.9. The summed E-state index contributed by atoms with van der Waals surface area (Å²) in [6.07, 6.45) is 0.253. The fraction of sp³-hybridized carbons (Fsp3) is 0.480. The Bertz CT molecular complexity index is 1250. The highest BCUT2D eigenvalue weighted by Gasteiger charge is 2.64. The van der Waals surface area contributed by atoms with Gasteiger partial charge in [-0.3, -0.25) is 19.3 Å². The number of aliphatic hydroxyl groups excluding tert-OH is 2. The number of aliphatic hydroxyl groups is 3. The van der Waals surface area contributed by atoms with Crippen LogP contribution in [0.2, 0.25) is 0 Å². The molecule has 1 saturated carbocycles. The number of ketones is 2.